The number of hydrogen-bond donors (Lipinski definition) is 1. The molecule has 0 unspecified atom stereocenters. The van der Waals surface area contributed by atoms with E-state index in [0.29, 0.717) is 30.5 Å². The van der Waals surface area contributed by atoms with Gasteiger partial charge in [-0.15, -0.1) is 0 Å². The van der Waals surface area contributed by atoms with Crippen LogP contribution in [0, 0.1) is 0 Å². The lowest BCUT2D eigenvalue weighted by Crippen LogP contribution is -2.54. The molecule has 2 aliphatic rings. The zero-order valence-corrected chi connectivity index (χ0v) is 18.3. The number of hydrogen-bond acceptors (Lipinski definition) is 6. The average molecular weight is 447 g/mol. The van der Waals surface area contributed by atoms with Crippen LogP contribution in [0.2, 0.25) is 5.02 Å². The molecule has 0 saturated carbocycles. The third-order valence-corrected chi connectivity index (χ3v) is 6.01. The number of nitrogens with zero attached hydrogens (tertiary/aromatic N) is 4. The van der Waals surface area contributed by atoms with E-state index in [1.165, 1.54) is 4.90 Å². The predicted molar refractivity (Wildman–Crippen MR) is 117 cm³/mol. The highest BCUT2D eigenvalue weighted by Crippen LogP contribution is 2.29. The zero-order chi connectivity index (χ0) is 21.8. The third kappa shape index (κ3) is 5.37. The van der Waals surface area contributed by atoms with E-state index in [4.69, 9.17) is 26.2 Å². The predicted octanol–water partition coefficient (Wildman–Crippen LogP) is 3.62. The lowest BCUT2D eigenvalue weighted by molar-refractivity contribution is -0.0522. The summed E-state index contributed by atoms with van der Waals surface area (Å²) in [5.74, 6) is 1.45. The zero-order valence-electron chi connectivity index (χ0n) is 17.5. The van der Waals surface area contributed by atoms with Crippen molar-refractivity contribution in [2.75, 3.05) is 31.1 Å². The van der Waals surface area contributed by atoms with E-state index in [1.54, 1.807) is 0 Å². The second-order valence-corrected chi connectivity index (χ2v) is 8.34. The largest absolute Gasteiger partial charge is 0.489 e. The van der Waals surface area contributed by atoms with Crippen LogP contribution in [-0.4, -0.2) is 64.5 Å². The van der Waals surface area contributed by atoms with Gasteiger partial charge < -0.3 is 24.4 Å². The second-order valence-electron chi connectivity index (χ2n) is 7.93. The van der Waals surface area contributed by atoms with Gasteiger partial charge in [-0.2, -0.15) is 0 Å². The summed E-state index contributed by atoms with van der Waals surface area (Å²) in [5, 5.41) is 9.42. The van der Waals surface area contributed by atoms with Gasteiger partial charge in [0.15, 0.2) is 0 Å². The molecule has 2 fully saturated rings. The Balaban J connectivity index is 1.24. The van der Waals surface area contributed by atoms with Gasteiger partial charge in [0, 0.05) is 38.3 Å². The number of halogens is 1. The minimum absolute atomic E-state index is 0.0573. The Hall–Kier alpha value is -2.58. The maximum atomic E-state index is 10.8. The number of carboxylic acid groups (broad SMARTS) is 1. The number of carbonyl (C=O) groups is 1. The topological polar surface area (TPSA) is 88.0 Å². The molecule has 0 radical (unpaired) electrons. The van der Waals surface area contributed by atoms with Crippen molar-refractivity contribution < 1.29 is 19.4 Å². The number of rotatable bonds is 7. The van der Waals surface area contributed by atoms with Gasteiger partial charge in [0.25, 0.3) is 0 Å². The molecule has 1 N–H and O–H groups in total. The molecule has 1 amide bonds. The highest BCUT2D eigenvalue weighted by Gasteiger charge is 2.31. The molecule has 4 rings (SSSR count). The van der Waals surface area contributed by atoms with Crippen molar-refractivity contribution >= 4 is 23.6 Å². The smallest absolute Gasteiger partial charge is 0.407 e. The molecule has 0 aliphatic carbocycles. The van der Waals surface area contributed by atoms with Crippen molar-refractivity contribution in [3.05, 3.63) is 46.7 Å². The van der Waals surface area contributed by atoms with Crippen molar-refractivity contribution in [2.24, 2.45) is 0 Å². The van der Waals surface area contributed by atoms with Crippen molar-refractivity contribution in [3.63, 3.8) is 0 Å². The Morgan fingerprint density at radius 1 is 1.16 bits per heavy atom. The standard InChI is InChI=1S/C22H27ClN4O4/c1-2-15-10-24-21(25-11-15)26-7-5-17(6-8-26)31-20-4-3-16(9-19(20)23)14-30-18-12-27(13-18)22(28)29/h3-4,9-11,17-18H,2,5-8,12-14H2,1H3,(H,28,29). The van der Waals surface area contributed by atoms with Gasteiger partial charge in [0.1, 0.15) is 11.9 Å². The number of ether oxygens (including phenoxy) is 2. The Bertz CT molecular complexity index is 897. The maximum Gasteiger partial charge on any atom is 0.407 e. The first-order valence-electron chi connectivity index (χ1n) is 10.6. The van der Waals surface area contributed by atoms with Gasteiger partial charge in [-0.05, 0) is 29.7 Å². The van der Waals surface area contributed by atoms with E-state index in [2.05, 4.69) is 21.8 Å². The van der Waals surface area contributed by atoms with Crippen LogP contribution in [0.1, 0.15) is 30.9 Å². The van der Waals surface area contributed by atoms with E-state index in [9.17, 15) is 4.79 Å². The van der Waals surface area contributed by atoms with E-state index in [0.717, 1.165) is 49.4 Å². The second kappa shape index (κ2) is 9.70. The van der Waals surface area contributed by atoms with Crippen molar-refractivity contribution in [1.29, 1.82) is 0 Å². The van der Waals surface area contributed by atoms with Gasteiger partial charge >= 0.3 is 6.09 Å². The van der Waals surface area contributed by atoms with Crippen molar-refractivity contribution in [2.45, 2.75) is 45.0 Å². The molecular weight excluding hydrogens is 420 g/mol. The first-order chi connectivity index (χ1) is 15.0. The first kappa shape index (κ1) is 21.6. The maximum absolute atomic E-state index is 10.8. The lowest BCUT2D eigenvalue weighted by Gasteiger charge is -2.36. The SMILES string of the molecule is CCc1cnc(N2CCC(Oc3ccc(COC4CN(C(=O)O)C4)cc3Cl)CC2)nc1. The molecule has 1 aromatic carbocycles. The summed E-state index contributed by atoms with van der Waals surface area (Å²) in [6.45, 7) is 5.00. The molecule has 31 heavy (non-hydrogen) atoms. The molecule has 2 saturated heterocycles. The summed E-state index contributed by atoms with van der Waals surface area (Å²) in [7, 11) is 0. The number of likely N-dealkylation sites (tertiary alicyclic amines) is 1. The van der Waals surface area contributed by atoms with Crippen LogP contribution in [0.15, 0.2) is 30.6 Å². The molecule has 2 aromatic rings. The molecule has 0 atom stereocenters. The third-order valence-electron chi connectivity index (χ3n) is 5.72. The minimum Gasteiger partial charge on any atom is -0.489 e. The van der Waals surface area contributed by atoms with Crippen LogP contribution < -0.4 is 9.64 Å². The highest BCUT2D eigenvalue weighted by atomic mass is 35.5. The van der Waals surface area contributed by atoms with Crippen molar-refractivity contribution in [3.8, 4) is 5.75 Å². The van der Waals surface area contributed by atoms with Gasteiger partial charge in [-0.25, -0.2) is 14.8 Å². The number of aromatic nitrogens is 2. The summed E-state index contributed by atoms with van der Waals surface area (Å²) in [4.78, 5) is 23.2. The summed E-state index contributed by atoms with van der Waals surface area (Å²) >= 11 is 6.43. The molecule has 3 heterocycles. The number of amides is 1. The Morgan fingerprint density at radius 3 is 2.48 bits per heavy atom. The van der Waals surface area contributed by atoms with Crippen LogP contribution in [0.25, 0.3) is 0 Å². The molecular formula is C22H27ClN4O4. The molecule has 2 aliphatic heterocycles. The fraction of sp³-hybridized carbons (Fsp3) is 0.500. The Labute approximate surface area is 186 Å². The summed E-state index contributed by atoms with van der Waals surface area (Å²) < 4.78 is 11.9. The van der Waals surface area contributed by atoms with E-state index < -0.39 is 6.09 Å². The minimum atomic E-state index is -0.905. The number of aryl methyl sites for hydroxylation is 1. The van der Waals surface area contributed by atoms with Gasteiger partial charge in [-0.3, -0.25) is 0 Å². The van der Waals surface area contributed by atoms with E-state index in [1.807, 2.05) is 30.6 Å². The van der Waals surface area contributed by atoms with E-state index in [-0.39, 0.29) is 12.2 Å². The fourth-order valence-electron chi connectivity index (χ4n) is 3.69. The van der Waals surface area contributed by atoms with E-state index >= 15 is 0 Å². The lowest BCUT2D eigenvalue weighted by atomic mass is 10.1. The summed E-state index contributed by atoms with van der Waals surface area (Å²) in [6.07, 6.45) is 5.61. The molecule has 0 bridgehead atoms. The van der Waals surface area contributed by atoms with Gasteiger partial charge in [0.05, 0.1) is 30.8 Å². The number of piperidine rings is 1. The van der Waals surface area contributed by atoms with Crippen LogP contribution in [0.4, 0.5) is 10.7 Å². The van der Waals surface area contributed by atoms with Crippen LogP contribution in [0.3, 0.4) is 0 Å². The molecule has 8 nitrogen and oxygen atoms in total. The van der Waals surface area contributed by atoms with Crippen LogP contribution in [-0.2, 0) is 17.8 Å². The monoisotopic (exact) mass is 446 g/mol. The van der Waals surface area contributed by atoms with Crippen LogP contribution >= 0.6 is 11.6 Å². The molecule has 166 valence electrons. The molecule has 1 aromatic heterocycles. The van der Waals surface area contributed by atoms with Gasteiger partial charge in [0.2, 0.25) is 5.95 Å². The quantitative estimate of drug-likeness (QED) is 0.694. The summed E-state index contributed by atoms with van der Waals surface area (Å²) in [6, 6.07) is 5.67. The summed E-state index contributed by atoms with van der Waals surface area (Å²) in [5.41, 5.74) is 2.08. The molecule has 0 spiro atoms. The Morgan fingerprint density at radius 2 is 1.87 bits per heavy atom. The number of benzene rings is 1. The normalized spacial score (nSPS) is 17.5. The highest BCUT2D eigenvalue weighted by molar-refractivity contribution is 6.32. The number of anilines is 1. The van der Waals surface area contributed by atoms with Gasteiger partial charge in [-0.1, -0.05) is 24.6 Å². The average Bonchev–Trinajstić information content (AvgIpc) is 2.75. The first-order valence-corrected chi connectivity index (χ1v) is 11.0. The Kier molecular flexibility index (Phi) is 6.77. The van der Waals surface area contributed by atoms with Crippen LogP contribution in [0.5, 0.6) is 5.75 Å². The van der Waals surface area contributed by atoms with Crippen molar-refractivity contribution in [1.82, 2.24) is 14.9 Å². The molecule has 9 heteroatoms. The fourth-order valence-corrected chi connectivity index (χ4v) is 3.94.